The van der Waals surface area contributed by atoms with Crippen molar-refractivity contribution in [3.63, 3.8) is 0 Å². The summed E-state index contributed by atoms with van der Waals surface area (Å²) in [6.45, 7) is 0. The number of guanidine groups is 9. The van der Waals surface area contributed by atoms with Crippen LogP contribution in [0, 0.1) is 0 Å². The first kappa shape index (κ1) is 75.3. The summed E-state index contributed by atoms with van der Waals surface area (Å²) >= 11 is 0. The highest BCUT2D eigenvalue weighted by Crippen LogP contribution is 2.78. The van der Waals surface area contributed by atoms with Crippen molar-refractivity contribution in [3.05, 3.63) is 0 Å². The van der Waals surface area contributed by atoms with Gasteiger partial charge in [0.1, 0.15) is 0 Å². The van der Waals surface area contributed by atoms with Crippen LogP contribution >= 0.6 is 30.0 Å². The zero-order chi connectivity index (χ0) is 63.8. The second-order valence-corrected chi connectivity index (χ2v) is 31.0. The predicted molar refractivity (Wildman–Crippen MR) is 357 cm³/mol. The molecule has 0 aromatic carbocycles. The summed E-state index contributed by atoms with van der Waals surface area (Å²) in [7, 11) is 53.5. The minimum Gasteiger partial charge on any atom is -0.349 e. The van der Waals surface area contributed by atoms with Crippen LogP contribution < -0.4 is 0 Å². The molecule has 0 rings (SSSR count). The van der Waals surface area contributed by atoms with E-state index in [0.29, 0.717) is 53.6 Å². The molecule has 0 heterocycles. The second kappa shape index (κ2) is 31.7. The molecule has 0 amide bonds. The third-order valence-corrected chi connectivity index (χ3v) is 20.5. The monoisotopic (exact) mass is 1220 g/mol. The Morgan fingerprint density at radius 3 is 0.309 bits per heavy atom. The Kier molecular flexibility index (Phi) is 29.5. The van der Waals surface area contributed by atoms with E-state index in [4.69, 9.17) is 61.2 Å². The molecule has 0 saturated carbocycles. The van der Waals surface area contributed by atoms with E-state index in [1.807, 2.05) is 342 Å². The molecule has 0 unspecified atom stereocenters. The molecule has 31 nitrogen and oxygen atoms in total. The highest BCUT2D eigenvalue weighted by Gasteiger charge is 2.39. The molecule has 0 bridgehead atoms. The van der Waals surface area contributed by atoms with E-state index in [2.05, 4.69) is 0 Å². The van der Waals surface area contributed by atoms with Gasteiger partial charge in [0.2, 0.25) is 53.6 Å². The first-order valence-corrected chi connectivity index (χ1v) is 32.2. The van der Waals surface area contributed by atoms with Crippen molar-refractivity contribution in [2.45, 2.75) is 0 Å². The Balaban J connectivity index is 13.4. The van der Waals surface area contributed by atoms with Gasteiger partial charge in [-0.15, -0.1) is 0 Å². The Hall–Kier alpha value is -5.65. The standard InChI is InChI=1S/C46H111N31P4/c1-47-78(57-79(48-38(60(2)3)61(4)5,49-39(62(6)7)63(8)9)50-40(64(10)11)65(12)13,58-80(51-41(66(14)15)67(16)17,52-42(68(18)19)69(20)21)53-43(70(22)23)71(24)25)59-81(54-44(72(26)27)73(28)29,55-45(74(30)31)75(32)33)56-46(76(34)35)77(36)37/h1-37H3. The minimum absolute atomic E-state index is 0.493. The van der Waals surface area contributed by atoms with Crippen molar-refractivity contribution in [2.24, 2.45) is 61.2 Å². The van der Waals surface area contributed by atoms with E-state index in [9.17, 15) is 0 Å². The molecule has 470 valence electrons. The first-order valence-electron chi connectivity index (χ1n) is 25.8. The molecule has 0 aromatic heterocycles. The van der Waals surface area contributed by atoms with Gasteiger partial charge in [0.05, 0.1) is 0 Å². The van der Waals surface area contributed by atoms with E-state index >= 15 is 0 Å². The molecule has 0 radical (unpaired) electrons. The van der Waals surface area contributed by atoms with Gasteiger partial charge in [-0.05, 0) is 0 Å². The van der Waals surface area contributed by atoms with E-state index < -0.39 is 30.0 Å². The largest absolute Gasteiger partial charge is 0.349 e. The molecule has 81 heavy (non-hydrogen) atoms. The van der Waals surface area contributed by atoms with Gasteiger partial charge in [-0.3, -0.25) is 0 Å². The summed E-state index contributed by atoms with van der Waals surface area (Å²) in [6, 6.07) is 0. The Bertz CT molecular complexity index is 1960. The highest BCUT2D eigenvalue weighted by atomic mass is 31.3. The minimum atomic E-state index is -4.54. The Labute approximate surface area is 492 Å². The molecule has 0 aliphatic rings. The van der Waals surface area contributed by atoms with Gasteiger partial charge in [0.25, 0.3) is 0 Å². The van der Waals surface area contributed by atoms with Crippen LogP contribution in [0.15, 0.2) is 61.2 Å². The predicted octanol–water partition coefficient (Wildman–Crippen LogP) is 3.71. The van der Waals surface area contributed by atoms with Crippen molar-refractivity contribution in [1.82, 2.24) is 88.2 Å². The second-order valence-electron chi connectivity index (χ2n) is 22.3. The lowest BCUT2D eigenvalue weighted by atomic mass is 10.7. The molecule has 0 N–H and O–H groups in total. The smallest absolute Gasteiger partial charge is 0.317 e. The van der Waals surface area contributed by atoms with E-state index in [1.54, 1.807) is 7.05 Å². The molecule has 0 fully saturated rings. The highest BCUT2D eigenvalue weighted by molar-refractivity contribution is 7.82. The van der Waals surface area contributed by atoms with Crippen molar-refractivity contribution >= 4 is 83.7 Å². The van der Waals surface area contributed by atoms with Gasteiger partial charge < -0.3 is 88.2 Å². The fourth-order valence-electron chi connectivity index (χ4n) is 7.33. The summed E-state index contributed by atoms with van der Waals surface area (Å²) < 4.78 is 75.1. The molecular formula is C46H111N31P4. The number of rotatable bonds is 12. The van der Waals surface area contributed by atoms with Crippen LogP contribution in [0.3, 0.4) is 0 Å². The van der Waals surface area contributed by atoms with Crippen molar-refractivity contribution in [1.29, 1.82) is 0 Å². The maximum atomic E-state index is 6.10. The number of hydrogen-bond donors (Lipinski definition) is 0. The lowest BCUT2D eigenvalue weighted by Gasteiger charge is -2.32. The van der Waals surface area contributed by atoms with E-state index in [0.717, 1.165) is 0 Å². The normalized spacial score (nSPS) is 11.0. The molecule has 0 aliphatic carbocycles. The van der Waals surface area contributed by atoms with Crippen molar-refractivity contribution < 1.29 is 0 Å². The fraction of sp³-hybridized carbons (Fsp3) is 0.804. The van der Waals surface area contributed by atoms with Gasteiger partial charge in [-0.25, -0.2) is 4.74 Å². The van der Waals surface area contributed by atoms with Gasteiger partial charge in [0.15, 0.2) is 0 Å². The van der Waals surface area contributed by atoms with E-state index in [1.165, 1.54) is 0 Å². The molecule has 0 aromatic rings. The third-order valence-electron chi connectivity index (χ3n) is 10.2. The molecular weight excluding hydrogens is 1110 g/mol. The van der Waals surface area contributed by atoms with Crippen LogP contribution in [0.1, 0.15) is 0 Å². The van der Waals surface area contributed by atoms with Crippen LogP contribution in [0.2, 0.25) is 0 Å². The molecule has 0 saturated heterocycles. The zero-order valence-electron chi connectivity index (χ0n) is 57.2. The zero-order valence-corrected chi connectivity index (χ0v) is 60.7. The topological polar surface area (TPSA) is 219 Å². The third kappa shape index (κ3) is 22.2. The maximum Gasteiger partial charge on any atom is 0.317 e. The Morgan fingerprint density at radius 1 is 0.160 bits per heavy atom. The van der Waals surface area contributed by atoms with Crippen LogP contribution in [0.25, 0.3) is 0 Å². The summed E-state index contributed by atoms with van der Waals surface area (Å²) in [5, 5.41) is 0. The van der Waals surface area contributed by atoms with Crippen molar-refractivity contribution in [2.75, 3.05) is 261 Å². The molecule has 0 aliphatic heterocycles. The quantitative estimate of drug-likeness (QED) is 0.155. The van der Waals surface area contributed by atoms with Crippen molar-refractivity contribution in [3.8, 4) is 0 Å². The summed E-state index contributed by atoms with van der Waals surface area (Å²) in [4.78, 5) is 34.2. The summed E-state index contributed by atoms with van der Waals surface area (Å²) in [5.41, 5.74) is 0. The average molecular weight is 1220 g/mol. The lowest BCUT2D eigenvalue weighted by molar-refractivity contribution is 0.482. The van der Waals surface area contributed by atoms with Crippen LogP contribution in [0.5, 0.6) is 0 Å². The van der Waals surface area contributed by atoms with Crippen LogP contribution in [-0.4, -0.2) is 403 Å². The van der Waals surface area contributed by atoms with Crippen LogP contribution in [0.4, 0.5) is 0 Å². The molecule has 0 atom stereocenters. The van der Waals surface area contributed by atoms with E-state index in [-0.39, 0.29) is 0 Å². The lowest BCUT2D eigenvalue weighted by Crippen LogP contribution is -2.37. The van der Waals surface area contributed by atoms with Crippen LogP contribution in [-0.2, 0) is 0 Å². The Morgan fingerprint density at radius 2 is 0.247 bits per heavy atom. The SMILES string of the molecule is CN=P(N=P(N=C(N(C)C)N(C)C)(N=C(N(C)C)N(C)C)N=C(N(C)C)N(C)C)(N=P(N=C(N(C)C)N(C)C)(N=C(N(C)C)N(C)C)N=C(N(C)C)N(C)C)N=P(N=C(N(C)C)N(C)C)(N=C(N(C)C)N(C)C)N=C(N(C)C)N(C)C. The summed E-state index contributed by atoms with van der Waals surface area (Å²) in [6.07, 6.45) is 0. The van der Waals surface area contributed by atoms with Gasteiger partial charge in [-0.1, -0.05) is 0 Å². The van der Waals surface area contributed by atoms with Gasteiger partial charge >= 0.3 is 30.0 Å². The number of hydrogen-bond acceptors (Lipinski definition) is 1. The molecule has 35 heteroatoms. The maximum absolute atomic E-state index is 6.10. The molecule has 0 spiro atoms. The van der Waals surface area contributed by atoms with Gasteiger partial charge in [0, 0.05) is 261 Å². The summed E-state index contributed by atoms with van der Waals surface area (Å²) in [5.74, 6) is 4.44. The average Bonchev–Trinajstić information content (AvgIpc) is 3.30. The fourth-order valence-corrected chi connectivity index (χ4v) is 20.8. The number of nitrogens with zero attached hydrogens (tertiary/aromatic N) is 31. The first-order chi connectivity index (χ1) is 36.8. The van der Waals surface area contributed by atoms with Gasteiger partial charge in [-0.2, -0.15) is 56.4 Å².